The zero-order valence-electron chi connectivity index (χ0n) is 14.9. The lowest BCUT2D eigenvalue weighted by molar-refractivity contribution is 0.107. The Bertz CT molecular complexity index is 797. The van der Waals surface area contributed by atoms with Gasteiger partial charge in [-0.15, -0.1) is 0 Å². The van der Waals surface area contributed by atoms with Crippen molar-refractivity contribution >= 4 is 21.8 Å². The minimum absolute atomic E-state index is 0.292. The fourth-order valence-corrected chi connectivity index (χ4v) is 3.18. The SMILES string of the molecule is CCCCCCNCC(O)COc1cccc2[nH]c3ccccc3c12. The summed E-state index contributed by atoms with van der Waals surface area (Å²) in [5.41, 5.74) is 2.16. The lowest BCUT2D eigenvalue weighted by Gasteiger charge is -2.14. The number of hydrogen-bond donors (Lipinski definition) is 3. The van der Waals surface area contributed by atoms with E-state index in [0.717, 1.165) is 40.5 Å². The summed E-state index contributed by atoms with van der Waals surface area (Å²) >= 11 is 0. The van der Waals surface area contributed by atoms with Gasteiger partial charge in [0, 0.05) is 22.8 Å². The molecular weight excluding hydrogens is 312 g/mol. The molecule has 0 spiro atoms. The van der Waals surface area contributed by atoms with Crippen LogP contribution in [0.4, 0.5) is 0 Å². The summed E-state index contributed by atoms with van der Waals surface area (Å²) in [7, 11) is 0. The van der Waals surface area contributed by atoms with Crippen LogP contribution in [0.5, 0.6) is 5.75 Å². The maximum absolute atomic E-state index is 10.2. The number of aliphatic hydroxyl groups is 1. The third kappa shape index (κ3) is 4.53. The third-order valence-electron chi connectivity index (χ3n) is 4.51. The monoisotopic (exact) mass is 340 g/mol. The Kier molecular flexibility index (Phi) is 6.31. The van der Waals surface area contributed by atoms with E-state index in [1.54, 1.807) is 0 Å². The Balaban J connectivity index is 1.56. The molecule has 4 nitrogen and oxygen atoms in total. The molecular formula is C21H28N2O2. The molecule has 3 aromatic rings. The van der Waals surface area contributed by atoms with E-state index in [2.05, 4.69) is 35.4 Å². The number of benzene rings is 2. The topological polar surface area (TPSA) is 57.3 Å². The maximum Gasteiger partial charge on any atom is 0.129 e. The van der Waals surface area contributed by atoms with Gasteiger partial charge in [0.2, 0.25) is 0 Å². The highest BCUT2D eigenvalue weighted by Gasteiger charge is 2.11. The van der Waals surface area contributed by atoms with Gasteiger partial charge in [-0.3, -0.25) is 0 Å². The second-order valence-electron chi connectivity index (χ2n) is 6.58. The van der Waals surface area contributed by atoms with E-state index in [9.17, 15) is 5.11 Å². The van der Waals surface area contributed by atoms with Crippen molar-refractivity contribution in [2.75, 3.05) is 19.7 Å². The van der Waals surface area contributed by atoms with Crippen LogP contribution in [0, 0.1) is 0 Å². The van der Waals surface area contributed by atoms with E-state index in [4.69, 9.17) is 4.74 Å². The summed E-state index contributed by atoms with van der Waals surface area (Å²) in [4.78, 5) is 3.41. The normalized spacial score (nSPS) is 12.7. The van der Waals surface area contributed by atoms with Crippen LogP contribution < -0.4 is 10.1 Å². The Labute approximate surface area is 149 Å². The summed E-state index contributed by atoms with van der Waals surface area (Å²) < 4.78 is 5.93. The van der Waals surface area contributed by atoms with Gasteiger partial charge in [-0.25, -0.2) is 0 Å². The Morgan fingerprint density at radius 2 is 1.88 bits per heavy atom. The molecule has 0 amide bonds. The van der Waals surface area contributed by atoms with Crippen molar-refractivity contribution in [3.8, 4) is 5.75 Å². The van der Waals surface area contributed by atoms with Gasteiger partial charge >= 0.3 is 0 Å². The van der Waals surface area contributed by atoms with E-state index in [1.807, 2.05) is 24.3 Å². The van der Waals surface area contributed by atoms with Crippen LogP contribution in [0.25, 0.3) is 21.8 Å². The number of hydrogen-bond acceptors (Lipinski definition) is 3. The molecule has 0 aliphatic carbocycles. The Morgan fingerprint density at radius 3 is 2.76 bits per heavy atom. The number of H-pyrrole nitrogens is 1. The van der Waals surface area contributed by atoms with E-state index < -0.39 is 6.10 Å². The van der Waals surface area contributed by atoms with Crippen LogP contribution in [0.2, 0.25) is 0 Å². The van der Waals surface area contributed by atoms with Crippen LogP contribution >= 0.6 is 0 Å². The Morgan fingerprint density at radius 1 is 1.04 bits per heavy atom. The molecule has 1 aromatic heterocycles. The number of nitrogens with one attached hydrogen (secondary N) is 2. The number of ether oxygens (including phenoxy) is 1. The van der Waals surface area contributed by atoms with Crippen molar-refractivity contribution in [3.63, 3.8) is 0 Å². The number of unbranched alkanes of at least 4 members (excludes halogenated alkanes) is 3. The molecule has 0 fully saturated rings. The molecule has 0 bridgehead atoms. The Hall–Kier alpha value is -2.04. The largest absolute Gasteiger partial charge is 0.490 e. The van der Waals surface area contributed by atoms with E-state index in [1.165, 1.54) is 19.3 Å². The van der Waals surface area contributed by atoms with Gasteiger partial charge in [-0.2, -0.15) is 0 Å². The maximum atomic E-state index is 10.2. The molecule has 1 heterocycles. The smallest absolute Gasteiger partial charge is 0.129 e. The second-order valence-corrected chi connectivity index (χ2v) is 6.58. The zero-order valence-corrected chi connectivity index (χ0v) is 14.9. The first-order chi connectivity index (χ1) is 12.3. The van der Waals surface area contributed by atoms with Gasteiger partial charge < -0.3 is 20.1 Å². The molecule has 0 saturated heterocycles. The van der Waals surface area contributed by atoms with Crippen molar-refractivity contribution in [1.82, 2.24) is 10.3 Å². The average Bonchev–Trinajstić information content (AvgIpc) is 3.02. The summed E-state index contributed by atoms with van der Waals surface area (Å²) in [6.07, 6.45) is 4.43. The van der Waals surface area contributed by atoms with Crippen molar-refractivity contribution in [2.45, 2.75) is 38.7 Å². The van der Waals surface area contributed by atoms with Crippen molar-refractivity contribution < 1.29 is 9.84 Å². The quantitative estimate of drug-likeness (QED) is 0.484. The molecule has 25 heavy (non-hydrogen) atoms. The minimum Gasteiger partial charge on any atom is -0.490 e. The van der Waals surface area contributed by atoms with Gasteiger partial charge in [0.05, 0.1) is 5.52 Å². The van der Waals surface area contributed by atoms with Crippen LogP contribution in [0.3, 0.4) is 0 Å². The number of aliphatic hydroxyl groups excluding tert-OH is 1. The minimum atomic E-state index is -0.508. The third-order valence-corrected chi connectivity index (χ3v) is 4.51. The summed E-state index contributed by atoms with van der Waals surface area (Å²) in [6.45, 7) is 4.02. The molecule has 3 N–H and O–H groups in total. The van der Waals surface area contributed by atoms with Gasteiger partial charge in [-0.05, 0) is 31.2 Å². The molecule has 3 rings (SSSR count). The number of para-hydroxylation sites is 1. The summed E-state index contributed by atoms with van der Waals surface area (Å²) in [5, 5.41) is 15.7. The lowest BCUT2D eigenvalue weighted by atomic mass is 10.1. The molecule has 0 radical (unpaired) electrons. The predicted octanol–water partition coefficient (Wildman–Crippen LogP) is 4.23. The standard InChI is InChI=1S/C21H28N2O2/c1-2-3-4-7-13-22-14-16(24)15-25-20-12-8-11-19-21(20)17-9-5-6-10-18(17)23-19/h5-6,8-12,16,22-24H,2-4,7,13-15H2,1H3. The number of rotatable bonds is 10. The van der Waals surface area contributed by atoms with Crippen molar-refractivity contribution in [1.29, 1.82) is 0 Å². The molecule has 0 aliphatic rings. The van der Waals surface area contributed by atoms with Crippen LogP contribution in [0.1, 0.15) is 32.6 Å². The van der Waals surface area contributed by atoms with Gasteiger partial charge in [0.1, 0.15) is 18.5 Å². The first kappa shape index (κ1) is 17.8. The molecule has 2 aromatic carbocycles. The summed E-state index contributed by atoms with van der Waals surface area (Å²) in [6, 6.07) is 14.2. The predicted molar refractivity (Wildman–Crippen MR) is 104 cm³/mol. The molecule has 0 aliphatic heterocycles. The highest BCUT2D eigenvalue weighted by atomic mass is 16.5. The van der Waals surface area contributed by atoms with Gasteiger partial charge in [0.15, 0.2) is 0 Å². The first-order valence-corrected chi connectivity index (χ1v) is 9.30. The zero-order chi connectivity index (χ0) is 17.5. The number of aromatic nitrogens is 1. The highest BCUT2D eigenvalue weighted by Crippen LogP contribution is 2.32. The number of aromatic amines is 1. The molecule has 1 unspecified atom stereocenters. The van der Waals surface area contributed by atoms with Gasteiger partial charge in [-0.1, -0.05) is 50.5 Å². The lowest BCUT2D eigenvalue weighted by Crippen LogP contribution is -2.32. The van der Waals surface area contributed by atoms with Crippen LogP contribution in [-0.2, 0) is 0 Å². The van der Waals surface area contributed by atoms with Crippen molar-refractivity contribution in [2.24, 2.45) is 0 Å². The van der Waals surface area contributed by atoms with E-state index in [-0.39, 0.29) is 0 Å². The fraction of sp³-hybridized carbons (Fsp3) is 0.429. The summed E-state index contributed by atoms with van der Waals surface area (Å²) in [5.74, 6) is 0.817. The number of fused-ring (bicyclic) bond motifs is 3. The van der Waals surface area contributed by atoms with Gasteiger partial charge in [0.25, 0.3) is 0 Å². The molecule has 0 saturated carbocycles. The average molecular weight is 340 g/mol. The van der Waals surface area contributed by atoms with Crippen LogP contribution in [-0.4, -0.2) is 35.9 Å². The highest BCUT2D eigenvalue weighted by molar-refractivity contribution is 6.10. The van der Waals surface area contributed by atoms with E-state index in [0.29, 0.717) is 13.2 Å². The first-order valence-electron chi connectivity index (χ1n) is 9.30. The second kappa shape index (κ2) is 8.88. The molecule has 1 atom stereocenters. The fourth-order valence-electron chi connectivity index (χ4n) is 3.18. The van der Waals surface area contributed by atoms with Crippen LogP contribution in [0.15, 0.2) is 42.5 Å². The molecule has 134 valence electrons. The van der Waals surface area contributed by atoms with Crippen molar-refractivity contribution in [3.05, 3.63) is 42.5 Å². The molecule has 4 heteroatoms. The van der Waals surface area contributed by atoms with E-state index >= 15 is 0 Å².